The first-order valence-corrected chi connectivity index (χ1v) is 9.75. The van der Waals surface area contributed by atoms with Gasteiger partial charge in [0.2, 0.25) is 11.8 Å². The Kier molecular flexibility index (Phi) is 5.53. The van der Waals surface area contributed by atoms with E-state index in [1.165, 1.54) is 0 Å². The molecule has 2 N–H and O–H groups in total. The molecule has 1 atom stereocenters. The van der Waals surface area contributed by atoms with Crippen LogP contribution < -0.4 is 10.6 Å². The standard InChI is InChI=1S/C21H29N3O3/c1-21(2,3)20(27)24-11-5-7-15(13-24)19(26)23-17-8-4-6-14(12-17)18(25)22-16-9-10-16/h4,6,8,12,15-16H,5,7,9-11,13H2,1-3H3,(H,22,25)(H,23,26). The SMILES string of the molecule is CC(C)(C)C(=O)N1CCCC(C(=O)Nc2cccc(C(=O)NC3CC3)c2)C1. The fourth-order valence-electron chi connectivity index (χ4n) is 3.33. The fourth-order valence-corrected chi connectivity index (χ4v) is 3.33. The molecule has 0 aromatic heterocycles. The number of carbonyl (C=O) groups excluding carboxylic acids is 3. The summed E-state index contributed by atoms with van der Waals surface area (Å²) in [5, 5.41) is 5.87. The number of hydrogen-bond acceptors (Lipinski definition) is 3. The van der Waals surface area contributed by atoms with Crippen molar-refractivity contribution in [1.82, 2.24) is 10.2 Å². The number of hydrogen-bond donors (Lipinski definition) is 2. The van der Waals surface area contributed by atoms with Crippen LogP contribution in [0.1, 0.15) is 56.8 Å². The first-order valence-electron chi connectivity index (χ1n) is 9.75. The third-order valence-corrected chi connectivity index (χ3v) is 5.03. The minimum absolute atomic E-state index is 0.0822. The Bertz CT molecular complexity index is 734. The van der Waals surface area contributed by atoms with Gasteiger partial charge in [-0.2, -0.15) is 0 Å². The number of likely N-dealkylation sites (tertiary alicyclic amines) is 1. The summed E-state index contributed by atoms with van der Waals surface area (Å²) in [5.41, 5.74) is 0.720. The number of nitrogens with one attached hydrogen (secondary N) is 2. The Hall–Kier alpha value is -2.37. The average Bonchev–Trinajstić information content (AvgIpc) is 3.44. The van der Waals surface area contributed by atoms with E-state index >= 15 is 0 Å². The van der Waals surface area contributed by atoms with Crippen molar-refractivity contribution < 1.29 is 14.4 Å². The van der Waals surface area contributed by atoms with Gasteiger partial charge in [0.15, 0.2) is 0 Å². The van der Waals surface area contributed by atoms with Gasteiger partial charge in [-0.1, -0.05) is 26.8 Å². The molecule has 1 unspecified atom stereocenters. The zero-order valence-corrected chi connectivity index (χ0v) is 16.4. The molecule has 27 heavy (non-hydrogen) atoms. The molecule has 1 aromatic rings. The van der Waals surface area contributed by atoms with Crippen LogP contribution in [0.2, 0.25) is 0 Å². The van der Waals surface area contributed by atoms with Crippen LogP contribution in [0, 0.1) is 11.3 Å². The van der Waals surface area contributed by atoms with Gasteiger partial charge in [0, 0.05) is 35.8 Å². The van der Waals surface area contributed by atoms with E-state index in [9.17, 15) is 14.4 Å². The molecule has 146 valence electrons. The molecule has 0 bridgehead atoms. The van der Waals surface area contributed by atoms with E-state index in [1.54, 1.807) is 29.2 Å². The monoisotopic (exact) mass is 371 g/mol. The molecule has 3 rings (SSSR count). The van der Waals surface area contributed by atoms with Gasteiger partial charge < -0.3 is 15.5 Å². The number of anilines is 1. The molecule has 0 radical (unpaired) electrons. The molecule has 2 fully saturated rings. The second-order valence-corrected chi connectivity index (χ2v) is 8.66. The van der Waals surface area contributed by atoms with Gasteiger partial charge in [0.25, 0.3) is 5.91 Å². The van der Waals surface area contributed by atoms with Crippen molar-refractivity contribution >= 4 is 23.4 Å². The minimum Gasteiger partial charge on any atom is -0.349 e. The molecule has 3 amide bonds. The van der Waals surface area contributed by atoms with Crippen molar-refractivity contribution in [2.75, 3.05) is 18.4 Å². The Balaban J connectivity index is 1.61. The van der Waals surface area contributed by atoms with Crippen molar-refractivity contribution in [3.8, 4) is 0 Å². The van der Waals surface area contributed by atoms with Crippen LogP contribution in [-0.4, -0.2) is 41.8 Å². The first-order chi connectivity index (χ1) is 12.7. The largest absolute Gasteiger partial charge is 0.349 e. The van der Waals surface area contributed by atoms with Gasteiger partial charge in [-0.15, -0.1) is 0 Å². The summed E-state index contributed by atoms with van der Waals surface area (Å²) in [4.78, 5) is 39.2. The molecule has 1 aromatic carbocycles. The van der Waals surface area contributed by atoms with Crippen LogP contribution in [0.5, 0.6) is 0 Å². The highest BCUT2D eigenvalue weighted by atomic mass is 16.2. The summed E-state index contributed by atoms with van der Waals surface area (Å²) < 4.78 is 0. The molecule has 1 aliphatic heterocycles. The van der Waals surface area contributed by atoms with Gasteiger partial charge in [-0.3, -0.25) is 14.4 Å². The van der Waals surface area contributed by atoms with E-state index in [1.807, 2.05) is 20.8 Å². The highest BCUT2D eigenvalue weighted by molar-refractivity contribution is 5.98. The maximum Gasteiger partial charge on any atom is 0.251 e. The summed E-state index contributed by atoms with van der Waals surface area (Å²) >= 11 is 0. The number of benzene rings is 1. The molecule has 1 saturated heterocycles. The second kappa shape index (κ2) is 7.71. The maximum absolute atomic E-state index is 12.7. The maximum atomic E-state index is 12.7. The van der Waals surface area contributed by atoms with Crippen LogP contribution in [0.4, 0.5) is 5.69 Å². The number of piperidine rings is 1. The molecule has 1 saturated carbocycles. The molecule has 0 spiro atoms. The molecule has 6 nitrogen and oxygen atoms in total. The Morgan fingerprint density at radius 1 is 1.11 bits per heavy atom. The van der Waals surface area contributed by atoms with E-state index < -0.39 is 5.41 Å². The van der Waals surface area contributed by atoms with E-state index in [-0.39, 0.29) is 23.6 Å². The van der Waals surface area contributed by atoms with Crippen LogP contribution in [0.3, 0.4) is 0 Å². The van der Waals surface area contributed by atoms with E-state index in [0.29, 0.717) is 30.4 Å². The minimum atomic E-state index is -0.443. The topological polar surface area (TPSA) is 78.5 Å². The zero-order chi connectivity index (χ0) is 19.6. The van der Waals surface area contributed by atoms with Crippen LogP contribution in [-0.2, 0) is 9.59 Å². The van der Waals surface area contributed by atoms with E-state index in [2.05, 4.69) is 10.6 Å². The summed E-state index contributed by atoms with van der Waals surface area (Å²) in [6.45, 7) is 6.85. The van der Waals surface area contributed by atoms with Crippen LogP contribution in [0.15, 0.2) is 24.3 Å². The smallest absolute Gasteiger partial charge is 0.251 e. The van der Waals surface area contributed by atoms with Gasteiger partial charge in [0.1, 0.15) is 0 Å². The number of rotatable bonds is 4. The third kappa shape index (κ3) is 5.08. The Morgan fingerprint density at radius 2 is 1.85 bits per heavy atom. The van der Waals surface area contributed by atoms with Gasteiger partial charge in [-0.05, 0) is 43.9 Å². The Morgan fingerprint density at radius 3 is 2.52 bits per heavy atom. The summed E-state index contributed by atoms with van der Waals surface area (Å²) in [6, 6.07) is 7.30. The van der Waals surface area contributed by atoms with E-state index in [4.69, 9.17) is 0 Å². The molecule has 2 aliphatic rings. The lowest BCUT2D eigenvalue weighted by atomic mass is 9.91. The van der Waals surface area contributed by atoms with Gasteiger partial charge in [-0.25, -0.2) is 0 Å². The third-order valence-electron chi connectivity index (χ3n) is 5.03. The zero-order valence-electron chi connectivity index (χ0n) is 16.4. The normalized spacial score (nSPS) is 20.1. The van der Waals surface area contributed by atoms with Gasteiger partial charge >= 0.3 is 0 Å². The van der Waals surface area contributed by atoms with Crippen LogP contribution in [0.25, 0.3) is 0 Å². The summed E-state index contributed by atoms with van der Waals surface area (Å²) in [6.07, 6.45) is 3.66. The second-order valence-electron chi connectivity index (χ2n) is 8.66. The summed E-state index contributed by atoms with van der Waals surface area (Å²) in [7, 11) is 0. The van der Waals surface area contributed by atoms with Crippen molar-refractivity contribution in [1.29, 1.82) is 0 Å². The van der Waals surface area contributed by atoms with Gasteiger partial charge in [0.05, 0.1) is 5.92 Å². The Labute approximate surface area is 160 Å². The van der Waals surface area contributed by atoms with Crippen molar-refractivity contribution in [2.24, 2.45) is 11.3 Å². The number of carbonyl (C=O) groups is 3. The predicted molar refractivity (Wildman–Crippen MR) is 104 cm³/mol. The van der Waals surface area contributed by atoms with Crippen molar-refractivity contribution in [3.63, 3.8) is 0 Å². The average molecular weight is 371 g/mol. The predicted octanol–water partition coefficient (Wildman–Crippen LogP) is 2.80. The fraction of sp³-hybridized carbons (Fsp3) is 0.571. The molecule has 1 heterocycles. The highest BCUT2D eigenvalue weighted by Crippen LogP contribution is 2.25. The van der Waals surface area contributed by atoms with E-state index in [0.717, 1.165) is 25.7 Å². The lowest BCUT2D eigenvalue weighted by Gasteiger charge is -2.35. The molecular formula is C21H29N3O3. The molecule has 6 heteroatoms. The number of amides is 3. The van der Waals surface area contributed by atoms with Crippen molar-refractivity contribution in [2.45, 2.75) is 52.5 Å². The summed E-state index contributed by atoms with van der Waals surface area (Å²) in [5.74, 6) is -0.345. The number of nitrogens with zero attached hydrogens (tertiary/aromatic N) is 1. The molecular weight excluding hydrogens is 342 g/mol. The first kappa shape index (κ1) is 19.4. The quantitative estimate of drug-likeness (QED) is 0.854. The lowest BCUT2D eigenvalue weighted by Crippen LogP contribution is -2.47. The lowest BCUT2D eigenvalue weighted by molar-refractivity contribution is -0.142. The molecule has 1 aliphatic carbocycles. The van der Waals surface area contributed by atoms with Crippen molar-refractivity contribution in [3.05, 3.63) is 29.8 Å². The van der Waals surface area contributed by atoms with Crippen LogP contribution >= 0.6 is 0 Å². The highest BCUT2D eigenvalue weighted by Gasteiger charge is 2.33.